The van der Waals surface area contributed by atoms with Crippen molar-refractivity contribution in [1.29, 1.82) is 0 Å². The smallest absolute Gasteiger partial charge is 0.319 e. The summed E-state index contributed by atoms with van der Waals surface area (Å²) in [4.78, 5) is 14.3. The number of carbonyl (C=O) groups excluding carboxylic acids is 1. The molecule has 0 radical (unpaired) electrons. The first kappa shape index (κ1) is 19.2. The Morgan fingerprint density at radius 2 is 1.89 bits per heavy atom. The topological polar surface area (TPSA) is 73.8 Å². The molecule has 6 nitrogen and oxygen atoms in total. The van der Waals surface area contributed by atoms with E-state index in [0.717, 1.165) is 18.7 Å². The molecule has 0 unspecified atom stereocenters. The van der Waals surface area contributed by atoms with Crippen LogP contribution >= 0.6 is 0 Å². The number of aliphatic hydroxyl groups is 1. The first-order valence-corrected chi connectivity index (χ1v) is 9.25. The van der Waals surface area contributed by atoms with Crippen LogP contribution in [0.5, 0.6) is 5.75 Å². The lowest BCUT2D eigenvalue weighted by Gasteiger charge is -2.36. The average molecular weight is 369 g/mol. The second kappa shape index (κ2) is 8.88. The van der Waals surface area contributed by atoms with E-state index in [1.54, 1.807) is 12.1 Å². The van der Waals surface area contributed by atoms with E-state index in [-0.39, 0.29) is 12.6 Å². The summed E-state index contributed by atoms with van der Waals surface area (Å²) < 4.78 is 5.78. The second-order valence-corrected chi connectivity index (χ2v) is 7.14. The molecule has 3 rings (SSSR count). The Hall–Kier alpha value is -2.57. The van der Waals surface area contributed by atoms with E-state index in [2.05, 4.69) is 15.5 Å². The summed E-state index contributed by atoms with van der Waals surface area (Å²) in [5.41, 5.74) is 0.901. The van der Waals surface area contributed by atoms with E-state index in [1.807, 2.05) is 49.5 Å². The van der Waals surface area contributed by atoms with Crippen LogP contribution in [0.25, 0.3) is 0 Å². The highest BCUT2D eigenvalue weighted by molar-refractivity contribution is 5.89. The van der Waals surface area contributed by atoms with Crippen molar-refractivity contribution in [2.24, 2.45) is 0 Å². The molecule has 2 amide bonds. The minimum absolute atomic E-state index is 0.247. The van der Waals surface area contributed by atoms with E-state index in [9.17, 15) is 9.90 Å². The SMILES string of the molecule is CN1CCC(O)(CNC(=O)Nc2cccc(OCc3ccccc3)c2)CC1. The molecule has 2 aromatic carbocycles. The summed E-state index contributed by atoms with van der Waals surface area (Å²) in [6, 6.07) is 16.9. The van der Waals surface area contributed by atoms with Gasteiger partial charge in [0.1, 0.15) is 12.4 Å². The van der Waals surface area contributed by atoms with E-state index in [4.69, 9.17) is 4.74 Å². The summed E-state index contributed by atoms with van der Waals surface area (Å²) in [5.74, 6) is 0.686. The number of nitrogens with one attached hydrogen (secondary N) is 2. The third-order valence-electron chi connectivity index (χ3n) is 4.84. The average Bonchev–Trinajstić information content (AvgIpc) is 2.69. The van der Waals surface area contributed by atoms with Gasteiger partial charge in [-0.25, -0.2) is 4.79 Å². The van der Waals surface area contributed by atoms with Gasteiger partial charge in [0.15, 0.2) is 0 Å². The molecule has 1 saturated heterocycles. The Kier molecular flexibility index (Phi) is 6.32. The molecule has 0 atom stereocenters. The Morgan fingerprint density at radius 3 is 2.63 bits per heavy atom. The zero-order valence-electron chi connectivity index (χ0n) is 15.6. The molecule has 0 saturated carbocycles. The van der Waals surface area contributed by atoms with Crippen molar-refractivity contribution in [1.82, 2.24) is 10.2 Å². The number of amides is 2. The van der Waals surface area contributed by atoms with Crippen LogP contribution in [0, 0.1) is 0 Å². The predicted octanol–water partition coefficient (Wildman–Crippen LogP) is 2.84. The normalized spacial score (nSPS) is 16.5. The van der Waals surface area contributed by atoms with Crippen molar-refractivity contribution in [2.75, 3.05) is 32.0 Å². The van der Waals surface area contributed by atoms with Crippen molar-refractivity contribution in [3.63, 3.8) is 0 Å². The fourth-order valence-corrected chi connectivity index (χ4v) is 3.04. The summed E-state index contributed by atoms with van der Waals surface area (Å²) in [5, 5.41) is 16.1. The van der Waals surface area contributed by atoms with Crippen LogP contribution in [0.1, 0.15) is 18.4 Å². The molecule has 0 aliphatic carbocycles. The standard InChI is InChI=1S/C21H27N3O3/c1-24-12-10-21(26,11-13-24)16-22-20(25)23-18-8-5-9-19(14-18)27-15-17-6-3-2-4-7-17/h2-9,14,26H,10-13,15-16H2,1H3,(H2,22,23,25). The molecular weight excluding hydrogens is 342 g/mol. The number of ether oxygens (including phenoxy) is 1. The summed E-state index contributed by atoms with van der Waals surface area (Å²) in [7, 11) is 2.03. The Morgan fingerprint density at radius 1 is 1.15 bits per heavy atom. The summed E-state index contributed by atoms with van der Waals surface area (Å²) in [6.07, 6.45) is 1.32. The van der Waals surface area contributed by atoms with Gasteiger partial charge < -0.3 is 25.4 Å². The first-order chi connectivity index (χ1) is 13.0. The van der Waals surface area contributed by atoms with Crippen molar-refractivity contribution < 1.29 is 14.6 Å². The number of rotatable bonds is 6. The molecule has 1 heterocycles. The Labute approximate surface area is 160 Å². The molecule has 144 valence electrons. The molecule has 6 heteroatoms. The number of hydrogen-bond donors (Lipinski definition) is 3. The van der Waals surface area contributed by atoms with Gasteiger partial charge in [-0.3, -0.25) is 0 Å². The third-order valence-corrected chi connectivity index (χ3v) is 4.84. The number of piperidine rings is 1. The van der Waals surface area contributed by atoms with Crippen LogP contribution in [-0.2, 0) is 6.61 Å². The molecule has 1 fully saturated rings. The van der Waals surface area contributed by atoms with Crippen LogP contribution in [0.3, 0.4) is 0 Å². The van der Waals surface area contributed by atoms with Crippen LogP contribution in [0.4, 0.5) is 10.5 Å². The minimum atomic E-state index is -0.829. The molecular formula is C21H27N3O3. The van der Waals surface area contributed by atoms with Gasteiger partial charge in [-0.2, -0.15) is 0 Å². The van der Waals surface area contributed by atoms with Crippen LogP contribution in [-0.4, -0.2) is 48.3 Å². The van der Waals surface area contributed by atoms with Crippen molar-refractivity contribution in [2.45, 2.75) is 25.0 Å². The maximum atomic E-state index is 12.2. The van der Waals surface area contributed by atoms with Crippen LogP contribution in [0.2, 0.25) is 0 Å². The van der Waals surface area contributed by atoms with Gasteiger partial charge in [-0.15, -0.1) is 0 Å². The highest BCUT2D eigenvalue weighted by Crippen LogP contribution is 2.21. The van der Waals surface area contributed by atoms with E-state index in [0.29, 0.717) is 30.9 Å². The number of likely N-dealkylation sites (tertiary alicyclic amines) is 1. The number of carbonyl (C=O) groups is 1. The van der Waals surface area contributed by atoms with Gasteiger partial charge in [-0.05, 0) is 37.6 Å². The number of nitrogens with zero attached hydrogens (tertiary/aromatic N) is 1. The van der Waals surface area contributed by atoms with Gasteiger partial charge in [-0.1, -0.05) is 36.4 Å². The molecule has 0 spiro atoms. The zero-order chi connectivity index (χ0) is 19.1. The van der Waals surface area contributed by atoms with Gasteiger partial charge in [0.25, 0.3) is 0 Å². The second-order valence-electron chi connectivity index (χ2n) is 7.14. The first-order valence-electron chi connectivity index (χ1n) is 9.25. The van der Waals surface area contributed by atoms with Crippen molar-refractivity contribution in [3.05, 3.63) is 60.2 Å². The van der Waals surface area contributed by atoms with Gasteiger partial charge in [0, 0.05) is 31.4 Å². The van der Waals surface area contributed by atoms with E-state index in [1.165, 1.54) is 0 Å². The monoisotopic (exact) mass is 369 g/mol. The molecule has 1 aliphatic rings. The van der Waals surface area contributed by atoms with Crippen LogP contribution < -0.4 is 15.4 Å². The lowest BCUT2D eigenvalue weighted by atomic mass is 9.92. The van der Waals surface area contributed by atoms with E-state index < -0.39 is 5.60 Å². The Bertz CT molecular complexity index is 743. The number of anilines is 1. The number of urea groups is 1. The lowest BCUT2D eigenvalue weighted by Crippen LogP contribution is -2.50. The van der Waals surface area contributed by atoms with Crippen molar-refractivity contribution in [3.8, 4) is 5.75 Å². The molecule has 3 N–H and O–H groups in total. The van der Waals surface area contributed by atoms with Crippen LogP contribution in [0.15, 0.2) is 54.6 Å². The zero-order valence-corrected chi connectivity index (χ0v) is 15.6. The summed E-state index contributed by atoms with van der Waals surface area (Å²) >= 11 is 0. The third kappa shape index (κ3) is 5.98. The summed E-state index contributed by atoms with van der Waals surface area (Å²) in [6.45, 7) is 2.38. The molecule has 1 aliphatic heterocycles. The predicted molar refractivity (Wildman–Crippen MR) is 106 cm³/mol. The fourth-order valence-electron chi connectivity index (χ4n) is 3.04. The molecule has 0 bridgehead atoms. The van der Waals surface area contributed by atoms with Gasteiger partial charge in [0.05, 0.1) is 5.60 Å². The van der Waals surface area contributed by atoms with E-state index >= 15 is 0 Å². The van der Waals surface area contributed by atoms with Crippen molar-refractivity contribution >= 4 is 11.7 Å². The molecule has 2 aromatic rings. The number of benzene rings is 2. The van der Waals surface area contributed by atoms with Gasteiger partial charge >= 0.3 is 6.03 Å². The maximum Gasteiger partial charge on any atom is 0.319 e. The quantitative estimate of drug-likeness (QED) is 0.732. The highest BCUT2D eigenvalue weighted by Gasteiger charge is 2.31. The Balaban J connectivity index is 1.48. The largest absolute Gasteiger partial charge is 0.489 e. The minimum Gasteiger partial charge on any atom is -0.489 e. The molecule has 0 aromatic heterocycles. The number of hydrogen-bond acceptors (Lipinski definition) is 4. The highest BCUT2D eigenvalue weighted by atomic mass is 16.5. The maximum absolute atomic E-state index is 12.2. The van der Waals surface area contributed by atoms with Gasteiger partial charge in [0.2, 0.25) is 0 Å². The fraction of sp³-hybridized carbons (Fsp3) is 0.381. The molecule has 27 heavy (non-hydrogen) atoms. The lowest BCUT2D eigenvalue weighted by molar-refractivity contribution is -0.0120.